The fourth-order valence-electron chi connectivity index (χ4n) is 6.81. The van der Waals surface area contributed by atoms with Gasteiger partial charge >= 0.3 is 0 Å². The molecule has 0 radical (unpaired) electrons. The summed E-state index contributed by atoms with van der Waals surface area (Å²) in [6.45, 7) is 7.05. The smallest absolute Gasteiger partial charge is 0.246 e. The van der Waals surface area contributed by atoms with Crippen molar-refractivity contribution in [1.29, 1.82) is 0 Å². The number of ether oxygens (including phenoxy) is 1. The van der Waals surface area contributed by atoms with Gasteiger partial charge in [-0.1, -0.05) is 54.6 Å². The van der Waals surface area contributed by atoms with E-state index in [0.29, 0.717) is 19.4 Å². The highest BCUT2D eigenvalue weighted by atomic mass is 28.4. The molecular weight excluding hydrogens is 535 g/mol. The van der Waals surface area contributed by atoms with Gasteiger partial charge in [-0.3, -0.25) is 9.48 Å². The lowest BCUT2D eigenvalue weighted by atomic mass is 9.95. The fourth-order valence-corrected chi connectivity index (χ4v) is 9.41. The van der Waals surface area contributed by atoms with Gasteiger partial charge in [0.1, 0.15) is 0 Å². The maximum absolute atomic E-state index is 15.7. The number of halogens is 1. The molecule has 2 aliphatic heterocycles. The number of amides is 1. The van der Waals surface area contributed by atoms with E-state index in [1.807, 2.05) is 53.6 Å². The summed E-state index contributed by atoms with van der Waals surface area (Å²) in [6.07, 6.45) is 6.63. The molecule has 220 valence electrons. The minimum absolute atomic E-state index is 0.0176. The van der Waals surface area contributed by atoms with Crippen LogP contribution in [0.5, 0.6) is 0 Å². The van der Waals surface area contributed by atoms with Gasteiger partial charge in [0, 0.05) is 36.9 Å². The first kappa shape index (κ1) is 29.6. The Morgan fingerprint density at radius 1 is 1.10 bits per heavy atom. The number of aliphatic hydroxyl groups excluding tert-OH is 1. The maximum Gasteiger partial charge on any atom is 0.246 e. The molecule has 0 saturated carbocycles. The predicted octanol–water partition coefficient (Wildman–Crippen LogP) is 5.89. The van der Waals surface area contributed by atoms with Crippen LogP contribution >= 0.6 is 0 Å². The molecule has 1 aromatic heterocycles. The first-order chi connectivity index (χ1) is 19.7. The second-order valence-electron chi connectivity index (χ2n) is 12.2. The molecule has 5 rings (SSSR count). The van der Waals surface area contributed by atoms with E-state index >= 15 is 4.11 Å². The van der Waals surface area contributed by atoms with Crippen molar-refractivity contribution in [2.24, 2.45) is 5.92 Å². The summed E-state index contributed by atoms with van der Waals surface area (Å²) in [6, 6.07) is 18.1. The number of benzene rings is 2. The molecule has 0 spiro atoms. The molecule has 1 N–H and O–H groups in total. The van der Waals surface area contributed by atoms with Gasteiger partial charge in [0.05, 0.1) is 30.4 Å². The van der Waals surface area contributed by atoms with Gasteiger partial charge in [-0.05, 0) is 74.4 Å². The summed E-state index contributed by atoms with van der Waals surface area (Å²) < 4.78 is 24.0. The maximum atomic E-state index is 15.7. The Kier molecular flexibility index (Phi) is 9.36. The van der Waals surface area contributed by atoms with Crippen LogP contribution in [-0.2, 0) is 22.5 Å². The van der Waals surface area contributed by atoms with Gasteiger partial charge in [0.25, 0.3) is 0 Å². The summed E-state index contributed by atoms with van der Waals surface area (Å²) in [5.41, 5.74) is 3.78. The highest BCUT2D eigenvalue weighted by molar-refractivity contribution is 6.72. The molecule has 2 aliphatic rings. The van der Waals surface area contributed by atoms with Gasteiger partial charge < -0.3 is 18.9 Å². The van der Waals surface area contributed by atoms with Gasteiger partial charge in [0.2, 0.25) is 14.3 Å². The third-order valence-corrected chi connectivity index (χ3v) is 11.4. The van der Waals surface area contributed by atoms with Crippen LogP contribution in [0.1, 0.15) is 61.8 Å². The molecule has 5 atom stereocenters. The summed E-state index contributed by atoms with van der Waals surface area (Å²) in [7, 11) is -2.99. The standard InChI is InChI=1S/C32H43FN4O3Si/c1-23-29(16-15-24-10-9-13-26(20-24)37-18-8-7-14-31(37)39)40-30(32(23)41(2,3)33)17-19-36-21-28(34-35-36)27(22-38)25-11-5-4-6-12-25/h4-6,9-13,20-21,23,27,29-30,32,38H,7-8,14-19,22H2,1-3H3/t23-,27?,29+,30-,32+/m1/s1. The number of aryl methyl sites for hydroxylation is 2. The van der Waals surface area contributed by atoms with Crippen molar-refractivity contribution < 1.29 is 18.7 Å². The zero-order valence-electron chi connectivity index (χ0n) is 24.5. The lowest BCUT2D eigenvalue weighted by Crippen LogP contribution is -2.36. The number of anilines is 1. The van der Waals surface area contributed by atoms with Gasteiger partial charge in [-0.2, -0.15) is 0 Å². The van der Waals surface area contributed by atoms with Gasteiger partial charge in [-0.25, -0.2) is 0 Å². The molecule has 0 aliphatic carbocycles. The molecular formula is C32H43FN4O3Si. The zero-order valence-corrected chi connectivity index (χ0v) is 25.5. The van der Waals surface area contributed by atoms with E-state index in [1.54, 1.807) is 17.8 Å². The Morgan fingerprint density at radius 3 is 2.63 bits per heavy atom. The number of aromatic nitrogens is 3. The van der Waals surface area contributed by atoms with Gasteiger partial charge in [-0.15, -0.1) is 5.10 Å². The highest BCUT2D eigenvalue weighted by Crippen LogP contribution is 2.47. The van der Waals surface area contributed by atoms with E-state index in [0.717, 1.165) is 49.2 Å². The number of hydrogen-bond donors (Lipinski definition) is 1. The first-order valence-corrected chi connectivity index (χ1v) is 18.0. The SMILES string of the molecule is C[C@H]1[C@H]([Si](C)(C)F)[C@@H](CCn2cc(C(CO)c3ccccc3)nn2)O[C@H]1CCc1cccc(N2CCCCC2=O)c1. The molecule has 0 bridgehead atoms. The molecule has 1 unspecified atom stereocenters. The number of carbonyl (C=O) groups is 1. The van der Waals surface area contributed by atoms with Crippen molar-refractivity contribution in [2.75, 3.05) is 18.1 Å². The Bertz CT molecular complexity index is 1300. The quantitative estimate of drug-likeness (QED) is 0.227. The van der Waals surface area contributed by atoms with Crippen LogP contribution in [0.3, 0.4) is 0 Å². The van der Waals surface area contributed by atoms with Crippen molar-refractivity contribution in [2.45, 2.75) is 88.8 Å². The van der Waals surface area contributed by atoms with Crippen LogP contribution in [0.25, 0.3) is 0 Å². The van der Waals surface area contributed by atoms with Crippen molar-refractivity contribution in [3.63, 3.8) is 0 Å². The van der Waals surface area contributed by atoms with E-state index in [-0.39, 0.29) is 42.1 Å². The zero-order chi connectivity index (χ0) is 29.0. The van der Waals surface area contributed by atoms with E-state index in [1.165, 1.54) is 5.56 Å². The largest absolute Gasteiger partial charge is 0.395 e. The Hall–Kier alpha value is -2.88. The average molecular weight is 579 g/mol. The highest BCUT2D eigenvalue weighted by Gasteiger charge is 2.50. The van der Waals surface area contributed by atoms with Crippen molar-refractivity contribution in [1.82, 2.24) is 15.0 Å². The second kappa shape index (κ2) is 13.0. The molecule has 3 aromatic rings. The van der Waals surface area contributed by atoms with Crippen molar-refractivity contribution in [3.05, 3.63) is 77.6 Å². The normalized spacial score (nSPS) is 24.1. The molecule has 2 fully saturated rings. The average Bonchev–Trinajstić information content (AvgIpc) is 3.56. The molecule has 2 aromatic carbocycles. The summed E-state index contributed by atoms with van der Waals surface area (Å²) in [4.78, 5) is 14.3. The Labute approximate surface area is 243 Å². The fraction of sp³-hybridized carbons (Fsp3) is 0.531. The van der Waals surface area contributed by atoms with Crippen LogP contribution in [0.4, 0.5) is 9.80 Å². The van der Waals surface area contributed by atoms with E-state index in [4.69, 9.17) is 4.74 Å². The van der Waals surface area contributed by atoms with E-state index in [9.17, 15) is 9.90 Å². The number of nitrogens with zero attached hydrogens (tertiary/aromatic N) is 4. The van der Waals surface area contributed by atoms with Crippen LogP contribution in [0.15, 0.2) is 60.8 Å². The summed E-state index contributed by atoms with van der Waals surface area (Å²) in [5, 5.41) is 18.7. The summed E-state index contributed by atoms with van der Waals surface area (Å²) in [5.74, 6) is 0.101. The molecule has 2 saturated heterocycles. The van der Waals surface area contributed by atoms with Crippen LogP contribution in [0, 0.1) is 5.92 Å². The molecule has 41 heavy (non-hydrogen) atoms. The molecule has 9 heteroatoms. The Balaban J connectivity index is 1.22. The number of aliphatic hydroxyl groups is 1. The third-order valence-electron chi connectivity index (χ3n) is 8.90. The number of carbonyl (C=O) groups excluding carboxylic acids is 1. The second-order valence-corrected chi connectivity index (χ2v) is 16.0. The topological polar surface area (TPSA) is 80.5 Å². The van der Waals surface area contributed by atoms with Crippen molar-refractivity contribution in [3.8, 4) is 0 Å². The molecule has 1 amide bonds. The van der Waals surface area contributed by atoms with Crippen LogP contribution in [-0.4, -0.2) is 59.8 Å². The van der Waals surface area contributed by atoms with Gasteiger partial charge in [0.15, 0.2) is 0 Å². The number of piperidine rings is 1. The van der Waals surface area contributed by atoms with Crippen molar-refractivity contribution >= 4 is 20.0 Å². The molecule has 7 nitrogen and oxygen atoms in total. The number of hydrogen-bond acceptors (Lipinski definition) is 5. The number of rotatable bonds is 11. The monoisotopic (exact) mass is 578 g/mol. The molecule has 3 heterocycles. The Morgan fingerprint density at radius 2 is 1.90 bits per heavy atom. The first-order valence-electron chi connectivity index (χ1n) is 15.0. The van der Waals surface area contributed by atoms with E-state index < -0.39 is 8.41 Å². The minimum atomic E-state index is -2.99. The third kappa shape index (κ3) is 6.96. The van der Waals surface area contributed by atoms with Crippen LogP contribution in [0.2, 0.25) is 18.6 Å². The van der Waals surface area contributed by atoms with E-state index in [2.05, 4.69) is 29.4 Å². The minimum Gasteiger partial charge on any atom is -0.395 e. The summed E-state index contributed by atoms with van der Waals surface area (Å²) >= 11 is 0. The van der Waals surface area contributed by atoms with Crippen LogP contribution < -0.4 is 4.90 Å². The lowest BCUT2D eigenvalue weighted by Gasteiger charge is -2.28. The predicted molar refractivity (Wildman–Crippen MR) is 161 cm³/mol. The lowest BCUT2D eigenvalue weighted by molar-refractivity contribution is -0.119.